The molecule has 0 amide bonds. The van der Waals surface area contributed by atoms with E-state index < -0.39 is 0 Å². The topological polar surface area (TPSA) is 21.3 Å². The van der Waals surface area contributed by atoms with Crippen LogP contribution < -0.4 is 5.32 Å². The molecule has 0 unspecified atom stereocenters. The second kappa shape index (κ2) is 4.24. The van der Waals surface area contributed by atoms with Crippen LogP contribution in [0.15, 0.2) is 0 Å². The van der Waals surface area contributed by atoms with Crippen molar-refractivity contribution in [3.8, 4) is 0 Å². The van der Waals surface area contributed by atoms with Crippen LogP contribution in [0.25, 0.3) is 0 Å². The van der Waals surface area contributed by atoms with Crippen molar-refractivity contribution in [3.63, 3.8) is 0 Å². The third-order valence-corrected chi connectivity index (χ3v) is 3.05. The Labute approximate surface area is 74.7 Å². The first-order valence-electron chi connectivity index (χ1n) is 5.29. The number of rotatable bonds is 2. The highest BCUT2D eigenvalue weighted by Crippen LogP contribution is 2.19. The monoisotopic (exact) mass is 169 g/mol. The summed E-state index contributed by atoms with van der Waals surface area (Å²) in [7, 11) is 0. The van der Waals surface area contributed by atoms with Gasteiger partial charge in [0, 0.05) is 25.3 Å². The molecule has 2 aliphatic rings. The zero-order valence-corrected chi connectivity index (χ0v) is 7.72. The Kier molecular flexibility index (Phi) is 3.01. The van der Waals surface area contributed by atoms with Gasteiger partial charge in [-0.15, -0.1) is 0 Å². The van der Waals surface area contributed by atoms with Crippen LogP contribution in [0.3, 0.4) is 0 Å². The molecule has 1 aliphatic heterocycles. The molecule has 1 saturated heterocycles. The van der Waals surface area contributed by atoms with Crippen molar-refractivity contribution >= 4 is 0 Å². The van der Waals surface area contributed by atoms with Crippen LogP contribution >= 0.6 is 0 Å². The number of ether oxygens (including phenoxy) is 1. The average molecular weight is 169 g/mol. The maximum absolute atomic E-state index is 5.32. The summed E-state index contributed by atoms with van der Waals surface area (Å²) in [5.74, 6) is 0. The summed E-state index contributed by atoms with van der Waals surface area (Å²) in [6.07, 6.45) is 8.10. The van der Waals surface area contributed by atoms with Gasteiger partial charge in [0.05, 0.1) is 0 Å². The van der Waals surface area contributed by atoms with Gasteiger partial charge in [-0.2, -0.15) is 0 Å². The fourth-order valence-electron chi connectivity index (χ4n) is 2.29. The summed E-state index contributed by atoms with van der Waals surface area (Å²) in [5.41, 5.74) is 0. The minimum Gasteiger partial charge on any atom is -0.381 e. The van der Waals surface area contributed by atoms with E-state index >= 15 is 0 Å². The Morgan fingerprint density at radius 1 is 0.833 bits per heavy atom. The summed E-state index contributed by atoms with van der Waals surface area (Å²) in [4.78, 5) is 0. The number of hydrogen-bond donors (Lipinski definition) is 1. The predicted octanol–water partition coefficient (Wildman–Crippen LogP) is 1.70. The maximum atomic E-state index is 5.32. The Balaban J connectivity index is 1.69. The first-order chi connectivity index (χ1) is 5.95. The van der Waals surface area contributed by atoms with Crippen LogP contribution in [0.1, 0.15) is 38.5 Å². The van der Waals surface area contributed by atoms with E-state index in [9.17, 15) is 0 Å². The van der Waals surface area contributed by atoms with Crippen molar-refractivity contribution in [3.05, 3.63) is 0 Å². The van der Waals surface area contributed by atoms with Gasteiger partial charge in [0.1, 0.15) is 0 Å². The molecule has 12 heavy (non-hydrogen) atoms. The summed E-state index contributed by atoms with van der Waals surface area (Å²) in [6, 6.07) is 1.58. The van der Waals surface area contributed by atoms with E-state index in [1.807, 2.05) is 0 Å². The van der Waals surface area contributed by atoms with E-state index in [0.29, 0.717) is 0 Å². The molecule has 0 bridgehead atoms. The molecular weight excluding hydrogens is 150 g/mol. The van der Waals surface area contributed by atoms with E-state index in [1.165, 1.54) is 38.5 Å². The molecular formula is C10H19NO. The van der Waals surface area contributed by atoms with Gasteiger partial charge in [-0.3, -0.25) is 0 Å². The summed E-state index contributed by atoms with van der Waals surface area (Å²) >= 11 is 0. The van der Waals surface area contributed by atoms with Crippen LogP contribution in [-0.2, 0) is 4.74 Å². The van der Waals surface area contributed by atoms with Crippen LogP contribution in [0.2, 0.25) is 0 Å². The van der Waals surface area contributed by atoms with E-state index in [1.54, 1.807) is 0 Å². The Hall–Kier alpha value is -0.0800. The van der Waals surface area contributed by atoms with Gasteiger partial charge < -0.3 is 10.1 Å². The van der Waals surface area contributed by atoms with E-state index in [4.69, 9.17) is 4.74 Å². The SMILES string of the molecule is C1CCC(NC2CCOCC2)C1. The largest absolute Gasteiger partial charge is 0.381 e. The van der Waals surface area contributed by atoms with Gasteiger partial charge >= 0.3 is 0 Å². The molecule has 2 heteroatoms. The standard InChI is InChI=1S/C10H19NO/c1-2-4-9(3-1)11-10-5-7-12-8-6-10/h9-11H,1-8H2. The Bertz CT molecular complexity index is 126. The van der Waals surface area contributed by atoms with Crippen LogP contribution in [0.4, 0.5) is 0 Å². The van der Waals surface area contributed by atoms with E-state index in [-0.39, 0.29) is 0 Å². The normalized spacial score (nSPS) is 28.0. The van der Waals surface area contributed by atoms with Crippen molar-refractivity contribution in [2.75, 3.05) is 13.2 Å². The third-order valence-electron chi connectivity index (χ3n) is 3.05. The Morgan fingerprint density at radius 3 is 2.08 bits per heavy atom. The van der Waals surface area contributed by atoms with Gasteiger partial charge in [0.15, 0.2) is 0 Å². The molecule has 0 aromatic rings. The molecule has 2 rings (SSSR count). The smallest absolute Gasteiger partial charge is 0.0480 e. The van der Waals surface area contributed by atoms with E-state index in [2.05, 4.69) is 5.32 Å². The minimum atomic E-state index is 0.752. The predicted molar refractivity (Wildman–Crippen MR) is 49.2 cm³/mol. The highest BCUT2D eigenvalue weighted by molar-refractivity contribution is 4.79. The summed E-state index contributed by atoms with van der Waals surface area (Å²) in [5, 5.41) is 3.74. The molecule has 2 nitrogen and oxygen atoms in total. The molecule has 0 radical (unpaired) electrons. The van der Waals surface area contributed by atoms with Crippen molar-refractivity contribution in [2.24, 2.45) is 0 Å². The first kappa shape index (κ1) is 8.52. The maximum Gasteiger partial charge on any atom is 0.0480 e. The molecule has 1 N–H and O–H groups in total. The van der Waals surface area contributed by atoms with Gasteiger partial charge in [-0.1, -0.05) is 12.8 Å². The Morgan fingerprint density at radius 2 is 1.42 bits per heavy atom. The lowest BCUT2D eigenvalue weighted by Gasteiger charge is -2.26. The molecule has 0 aromatic heterocycles. The lowest BCUT2D eigenvalue weighted by Crippen LogP contribution is -2.40. The lowest BCUT2D eigenvalue weighted by atomic mass is 10.1. The van der Waals surface area contributed by atoms with Crippen molar-refractivity contribution < 1.29 is 4.74 Å². The fourth-order valence-corrected chi connectivity index (χ4v) is 2.29. The number of nitrogens with one attached hydrogen (secondary N) is 1. The minimum absolute atomic E-state index is 0.752. The summed E-state index contributed by atoms with van der Waals surface area (Å²) < 4.78 is 5.32. The van der Waals surface area contributed by atoms with Crippen LogP contribution in [0.5, 0.6) is 0 Å². The van der Waals surface area contributed by atoms with Crippen molar-refractivity contribution in [1.82, 2.24) is 5.32 Å². The molecule has 0 aromatic carbocycles. The van der Waals surface area contributed by atoms with Gasteiger partial charge in [-0.25, -0.2) is 0 Å². The third kappa shape index (κ3) is 2.20. The quantitative estimate of drug-likeness (QED) is 0.679. The van der Waals surface area contributed by atoms with Crippen molar-refractivity contribution in [1.29, 1.82) is 0 Å². The second-order valence-electron chi connectivity index (χ2n) is 4.03. The fraction of sp³-hybridized carbons (Fsp3) is 1.00. The number of hydrogen-bond acceptors (Lipinski definition) is 2. The van der Waals surface area contributed by atoms with Crippen molar-refractivity contribution in [2.45, 2.75) is 50.6 Å². The molecule has 70 valence electrons. The van der Waals surface area contributed by atoms with Crippen LogP contribution in [-0.4, -0.2) is 25.3 Å². The zero-order valence-electron chi connectivity index (χ0n) is 7.72. The lowest BCUT2D eigenvalue weighted by molar-refractivity contribution is 0.0751. The molecule has 0 atom stereocenters. The van der Waals surface area contributed by atoms with Gasteiger partial charge in [0.25, 0.3) is 0 Å². The average Bonchev–Trinajstić information content (AvgIpc) is 2.59. The molecule has 2 fully saturated rings. The van der Waals surface area contributed by atoms with E-state index in [0.717, 1.165) is 25.3 Å². The van der Waals surface area contributed by atoms with Crippen LogP contribution in [0, 0.1) is 0 Å². The second-order valence-corrected chi connectivity index (χ2v) is 4.03. The highest BCUT2D eigenvalue weighted by atomic mass is 16.5. The van der Waals surface area contributed by atoms with Gasteiger partial charge in [0.2, 0.25) is 0 Å². The first-order valence-corrected chi connectivity index (χ1v) is 5.29. The highest BCUT2D eigenvalue weighted by Gasteiger charge is 2.20. The molecule has 1 aliphatic carbocycles. The molecule has 1 saturated carbocycles. The summed E-state index contributed by atoms with van der Waals surface area (Å²) in [6.45, 7) is 1.93. The molecule has 1 heterocycles. The zero-order chi connectivity index (χ0) is 8.23. The molecule has 0 spiro atoms. The van der Waals surface area contributed by atoms with Gasteiger partial charge in [-0.05, 0) is 25.7 Å².